The topological polar surface area (TPSA) is 83.4 Å². The van der Waals surface area contributed by atoms with E-state index in [-0.39, 0.29) is 11.5 Å². The average molecular weight is 444 g/mol. The van der Waals surface area contributed by atoms with Gasteiger partial charge in [0.1, 0.15) is 6.33 Å². The lowest BCUT2D eigenvalue weighted by atomic mass is 9.99. The summed E-state index contributed by atoms with van der Waals surface area (Å²) in [6, 6.07) is 4.39. The minimum atomic E-state index is -2.85. The monoisotopic (exact) mass is 443 g/mol. The van der Waals surface area contributed by atoms with Crippen molar-refractivity contribution in [3.8, 4) is 11.3 Å². The second kappa shape index (κ2) is 7.18. The van der Waals surface area contributed by atoms with Crippen molar-refractivity contribution in [3.05, 3.63) is 40.7 Å². The molecule has 5 heterocycles. The maximum atomic E-state index is 11.7. The first-order valence-corrected chi connectivity index (χ1v) is 12.8. The lowest BCUT2D eigenvalue weighted by molar-refractivity contribution is 0.290. The number of hydrogen-bond acceptors (Lipinski definition) is 6. The largest absolute Gasteiger partial charge is 0.354 e. The smallest absolute Gasteiger partial charge is 0.158 e. The number of nitrogens with one attached hydrogen (secondary N) is 1. The number of aromatic amines is 1. The van der Waals surface area contributed by atoms with Crippen LogP contribution >= 0.6 is 11.3 Å². The molecule has 4 aromatic rings. The number of aryl methyl sites for hydroxylation is 1. The van der Waals surface area contributed by atoms with E-state index in [1.54, 1.807) is 6.33 Å². The van der Waals surface area contributed by atoms with Crippen LogP contribution in [0.2, 0.25) is 0 Å². The number of hydrogen-bond donors (Lipinski definition) is 1. The van der Waals surface area contributed by atoms with Gasteiger partial charge in [0.2, 0.25) is 0 Å². The van der Waals surface area contributed by atoms with Crippen LogP contribution in [0.15, 0.2) is 24.7 Å². The summed E-state index contributed by atoms with van der Waals surface area (Å²) < 4.78 is 26.5. The summed E-state index contributed by atoms with van der Waals surface area (Å²) in [5.41, 5.74) is 6.70. The maximum absolute atomic E-state index is 11.7. The van der Waals surface area contributed by atoms with E-state index in [2.05, 4.69) is 52.9 Å². The van der Waals surface area contributed by atoms with Gasteiger partial charge < -0.3 is 4.98 Å². The molecule has 1 fully saturated rings. The molecule has 0 aromatic carbocycles. The highest BCUT2D eigenvalue weighted by Gasteiger charge is 2.24. The molecule has 1 aliphatic heterocycles. The third-order valence-electron chi connectivity index (χ3n) is 5.80. The van der Waals surface area contributed by atoms with Gasteiger partial charge >= 0.3 is 0 Å². The highest BCUT2D eigenvalue weighted by atomic mass is 32.2. The highest BCUT2D eigenvalue weighted by Crippen LogP contribution is 2.40. The molecule has 1 saturated heterocycles. The van der Waals surface area contributed by atoms with Gasteiger partial charge in [-0.05, 0) is 36.1 Å². The Kier molecular flexibility index (Phi) is 4.72. The molecule has 0 aliphatic carbocycles. The lowest BCUT2D eigenvalue weighted by Crippen LogP contribution is -2.39. The second-order valence-electron chi connectivity index (χ2n) is 8.39. The van der Waals surface area contributed by atoms with Crippen molar-refractivity contribution in [2.45, 2.75) is 33.2 Å². The van der Waals surface area contributed by atoms with Crippen molar-refractivity contribution in [1.29, 1.82) is 0 Å². The Morgan fingerprint density at radius 2 is 2.00 bits per heavy atom. The molecule has 1 aliphatic rings. The van der Waals surface area contributed by atoms with E-state index in [1.807, 2.05) is 22.0 Å². The van der Waals surface area contributed by atoms with Crippen molar-refractivity contribution in [1.82, 2.24) is 24.5 Å². The number of H-pyrrole nitrogens is 1. The fourth-order valence-corrected chi connectivity index (χ4v) is 6.90. The summed E-state index contributed by atoms with van der Waals surface area (Å²) in [6.45, 7) is 8.55. The van der Waals surface area contributed by atoms with Crippen LogP contribution < -0.4 is 0 Å². The molecule has 0 bridgehead atoms. The zero-order valence-electron chi connectivity index (χ0n) is 17.3. The van der Waals surface area contributed by atoms with E-state index in [0.29, 0.717) is 19.0 Å². The molecule has 30 heavy (non-hydrogen) atoms. The number of fused-ring (bicyclic) bond motifs is 2. The highest BCUT2D eigenvalue weighted by molar-refractivity contribution is 7.91. The first kappa shape index (κ1) is 19.7. The van der Waals surface area contributed by atoms with Gasteiger partial charge in [0.05, 0.1) is 27.4 Å². The van der Waals surface area contributed by atoms with Crippen LogP contribution in [0.1, 0.15) is 35.8 Å². The predicted molar refractivity (Wildman–Crippen MR) is 121 cm³/mol. The van der Waals surface area contributed by atoms with Crippen molar-refractivity contribution in [2.24, 2.45) is 0 Å². The summed E-state index contributed by atoms with van der Waals surface area (Å²) in [7, 11) is -2.85. The van der Waals surface area contributed by atoms with Gasteiger partial charge in [0.25, 0.3) is 0 Å². The predicted octanol–water partition coefficient (Wildman–Crippen LogP) is 3.60. The molecule has 7 nitrogen and oxygen atoms in total. The van der Waals surface area contributed by atoms with E-state index in [4.69, 9.17) is 0 Å². The molecule has 0 radical (unpaired) electrons. The molecule has 0 spiro atoms. The Morgan fingerprint density at radius 3 is 2.73 bits per heavy atom. The normalized spacial score (nSPS) is 17.5. The van der Waals surface area contributed by atoms with Crippen LogP contribution in [0.25, 0.3) is 27.1 Å². The van der Waals surface area contributed by atoms with Gasteiger partial charge in [-0.25, -0.2) is 17.9 Å². The van der Waals surface area contributed by atoms with Gasteiger partial charge in [0, 0.05) is 36.3 Å². The molecule has 158 valence electrons. The Bertz CT molecular complexity index is 1330. The standard InChI is InChI=1S/C21H25N5O2S2/c1-13(2)18-19(15-8-14(3)21-22-12-23-26(21)10-15)24-17-9-16(29-20(17)18)11-25-4-6-30(27,28)7-5-25/h8-10,12-13,24H,4-7,11H2,1-3H3. The number of aromatic nitrogens is 4. The van der Waals surface area contributed by atoms with E-state index in [9.17, 15) is 8.42 Å². The number of rotatable bonds is 4. The Balaban J connectivity index is 1.51. The molecular formula is C21H25N5O2S2. The van der Waals surface area contributed by atoms with Crippen molar-refractivity contribution >= 4 is 37.0 Å². The van der Waals surface area contributed by atoms with Crippen LogP contribution in [0.3, 0.4) is 0 Å². The van der Waals surface area contributed by atoms with Gasteiger partial charge in [-0.1, -0.05) is 13.8 Å². The molecule has 0 saturated carbocycles. The van der Waals surface area contributed by atoms with Gasteiger partial charge in [-0.3, -0.25) is 4.90 Å². The summed E-state index contributed by atoms with van der Waals surface area (Å²) >= 11 is 1.81. The van der Waals surface area contributed by atoms with Crippen LogP contribution in [0, 0.1) is 6.92 Å². The van der Waals surface area contributed by atoms with Crippen LogP contribution in [0.5, 0.6) is 0 Å². The zero-order valence-corrected chi connectivity index (χ0v) is 19.0. The number of sulfone groups is 1. The fraction of sp³-hybridized carbons (Fsp3) is 0.429. The molecule has 4 aromatic heterocycles. The third-order valence-corrected chi connectivity index (χ3v) is 8.56. The maximum Gasteiger partial charge on any atom is 0.158 e. The summed E-state index contributed by atoms with van der Waals surface area (Å²) in [5.74, 6) is 0.899. The average Bonchev–Trinajstić information content (AvgIpc) is 3.37. The van der Waals surface area contributed by atoms with Crippen molar-refractivity contribution in [3.63, 3.8) is 0 Å². The van der Waals surface area contributed by atoms with Crippen LogP contribution in [-0.2, 0) is 16.4 Å². The molecule has 1 N–H and O–H groups in total. The molecule has 0 unspecified atom stereocenters. The first-order chi connectivity index (χ1) is 14.3. The Labute approximate surface area is 179 Å². The van der Waals surface area contributed by atoms with Gasteiger partial charge in [-0.15, -0.1) is 11.3 Å². The summed E-state index contributed by atoms with van der Waals surface area (Å²) in [6.07, 6.45) is 3.62. The fourth-order valence-electron chi connectivity index (χ4n) is 4.27. The Morgan fingerprint density at radius 1 is 1.23 bits per heavy atom. The SMILES string of the molecule is Cc1cc(-c2[nH]c3cc(CN4CCS(=O)(=O)CC4)sc3c2C(C)C)cn2ncnc12. The quantitative estimate of drug-likeness (QED) is 0.521. The molecule has 9 heteroatoms. The number of thiophene rings is 1. The van der Waals surface area contributed by atoms with E-state index in [1.165, 1.54) is 15.1 Å². The van der Waals surface area contributed by atoms with E-state index in [0.717, 1.165) is 34.5 Å². The molecule has 0 atom stereocenters. The number of pyridine rings is 1. The molecule has 5 rings (SSSR count). The van der Waals surface area contributed by atoms with E-state index < -0.39 is 9.84 Å². The summed E-state index contributed by atoms with van der Waals surface area (Å²) in [5, 5.41) is 4.32. The first-order valence-electron chi connectivity index (χ1n) is 10.2. The molecular weight excluding hydrogens is 418 g/mol. The van der Waals surface area contributed by atoms with E-state index >= 15 is 0 Å². The molecule has 0 amide bonds. The van der Waals surface area contributed by atoms with Gasteiger partial charge in [0.15, 0.2) is 15.5 Å². The third kappa shape index (κ3) is 3.44. The van der Waals surface area contributed by atoms with Gasteiger partial charge in [-0.2, -0.15) is 5.10 Å². The van der Waals surface area contributed by atoms with Crippen LogP contribution in [-0.4, -0.2) is 57.5 Å². The van der Waals surface area contributed by atoms with Crippen LogP contribution in [0.4, 0.5) is 0 Å². The van der Waals surface area contributed by atoms with Crippen molar-refractivity contribution < 1.29 is 8.42 Å². The zero-order chi connectivity index (χ0) is 21.0. The minimum Gasteiger partial charge on any atom is -0.354 e. The summed E-state index contributed by atoms with van der Waals surface area (Å²) in [4.78, 5) is 11.5. The lowest BCUT2D eigenvalue weighted by Gasteiger charge is -2.25. The second-order valence-corrected chi connectivity index (χ2v) is 11.8. The van der Waals surface area contributed by atoms with Crippen molar-refractivity contribution in [2.75, 3.05) is 24.6 Å². The Hall–Kier alpha value is -2.23. The minimum absolute atomic E-state index is 0.266. The number of nitrogens with zero attached hydrogens (tertiary/aromatic N) is 4.